The number of benzene rings is 1. The number of aromatic nitrogens is 1. The van der Waals surface area contributed by atoms with Gasteiger partial charge in [0.2, 0.25) is 5.89 Å². The van der Waals surface area contributed by atoms with Gasteiger partial charge in [0.05, 0.1) is 5.69 Å². The second kappa shape index (κ2) is 8.88. The maximum absolute atomic E-state index is 8.72. The number of aryl methyl sites for hydroxylation is 1. The lowest BCUT2D eigenvalue weighted by Gasteiger charge is -1.94. The van der Waals surface area contributed by atoms with Gasteiger partial charge in [0.25, 0.3) is 0 Å². The zero-order valence-corrected chi connectivity index (χ0v) is 13.0. The second-order valence-electron chi connectivity index (χ2n) is 4.19. The molecule has 0 atom stereocenters. The Hall–Kier alpha value is -1.13. The minimum atomic E-state index is 0.181. The average Bonchev–Trinajstić information content (AvgIpc) is 2.87. The summed E-state index contributed by atoms with van der Waals surface area (Å²) in [7, 11) is 0. The van der Waals surface area contributed by atoms with E-state index in [-0.39, 0.29) is 6.61 Å². The quantitative estimate of drug-likeness (QED) is 0.903. The lowest BCUT2D eigenvalue weighted by atomic mass is 10.2. The van der Waals surface area contributed by atoms with Crippen LogP contribution in [0, 0.1) is 0 Å². The van der Waals surface area contributed by atoms with Gasteiger partial charge < -0.3 is 9.52 Å². The molecule has 19 heavy (non-hydrogen) atoms. The normalized spacial score (nSPS) is 9.89. The van der Waals surface area contributed by atoms with Crippen LogP contribution in [-0.4, -0.2) is 16.7 Å². The molecule has 0 fully saturated rings. The van der Waals surface area contributed by atoms with E-state index < -0.39 is 0 Å². The Bertz CT molecular complexity index is 465. The number of halogens is 1. The van der Waals surface area contributed by atoms with Crippen molar-refractivity contribution < 1.29 is 9.52 Å². The summed E-state index contributed by atoms with van der Waals surface area (Å²) in [4.78, 5) is 4.35. The van der Waals surface area contributed by atoms with Gasteiger partial charge in [-0.1, -0.05) is 36.2 Å². The molecule has 0 saturated carbocycles. The molecule has 0 aliphatic heterocycles. The molecule has 0 saturated heterocycles. The lowest BCUT2D eigenvalue weighted by Crippen LogP contribution is -1.89. The summed E-state index contributed by atoms with van der Waals surface area (Å²) in [5.41, 5.74) is 1.84. The first kappa shape index (κ1) is 15.9. The van der Waals surface area contributed by atoms with E-state index in [0.29, 0.717) is 12.3 Å². The van der Waals surface area contributed by atoms with Crippen LogP contribution < -0.4 is 0 Å². The molecular weight excluding hydrogens is 306 g/mol. The van der Waals surface area contributed by atoms with Crippen molar-refractivity contribution >= 4 is 15.9 Å². The molecule has 2 rings (SSSR count). The van der Waals surface area contributed by atoms with Crippen molar-refractivity contribution in [3.63, 3.8) is 0 Å². The van der Waals surface area contributed by atoms with Crippen LogP contribution in [0.25, 0.3) is 11.5 Å². The highest BCUT2D eigenvalue weighted by Gasteiger charge is 2.05. The predicted molar refractivity (Wildman–Crippen MR) is 81.0 cm³/mol. The fraction of sp³-hybridized carbons (Fsp3) is 0.400. The Morgan fingerprint density at radius 3 is 2.42 bits per heavy atom. The minimum Gasteiger partial charge on any atom is -0.444 e. The highest BCUT2D eigenvalue weighted by Crippen LogP contribution is 2.21. The lowest BCUT2D eigenvalue weighted by molar-refractivity contribution is 0.288. The Morgan fingerprint density at radius 2 is 1.84 bits per heavy atom. The first-order valence-corrected chi connectivity index (χ1v) is 7.31. The summed E-state index contributed by atoms with van der Waals surface area (Å²) in [6.45, 7) is 4.43. The van der Waals surface area contributed by atoms with Crippen LogP contribution in [0.15, 0.2) is 39.4 Å². The van der Waals surface area contributed by atoms with Crippen molar-refractivity contribution in [3.8, 4) is 11.5 Å². The third-order valence-corrected chi connectivity index (χ3v) is 2.76. The summed E-state index contributed by atoms with van der Waals surface area (Å²) in [6, 6.07) is 7.80. The third-order valence-electron chi connectivity index (χ3n) is 2.23. The van der Waals surface area contributed by atoms with Gasteiger partial charge in [0.15, 0.2) is 0 Å². The van der Waals surface area contributed by atoms with Crippen molar-refractivity contribution in [2.45, 2.75) is 33.1 Å². The molecular formula is C15H20BrNO2. The van der Waals surface area contributed by atoms with Gasteiger partial charge in [-0.05, 0) is 37.1 Å². The molecule has 0 bridgehead atoms. The summed E-state index contributed by atoms with van der Waals surface area (Å²) in [5, 5.41) is 8.72. The first-order chi connectivity index (χ1) is 9.21. The number of hydrogen-bond donors (Lipinski definition) is 1. The second-order valence-corrected chi connectivity index (χ2v) is 5.10. The van der Waals surface area contributed by atoms with Crippen molar-refractivity contribution in [1.29, 1.82) is 0 Å². The fourth-order valence-electron chi connectivity index (χ4n) is 1.41. The maximum atomic E-state index is 8.72. The standard InChI is InChI=1S/C12H12BrNO2.C3H8/c13-10-5-3-9(4-6-10)12-14-11(8-16-12)2-1-7-15;1-3-2/h3-6,8,15H,1-2,7H2;3H2,1-2H3. The van der Waals surface area contributed by atoms with E-state index in [0.717, 1.165) is 22.2 Å². The summed E-state index contributed by atoms with van der Waals surface area (Å²) in [5.74, 6) is 0.625. The van der Waals surface area contributed by atoms with E-state index in [1.54, 1.807) is 6.26 Å². The van der Waals surface area contributed by atoms with E-state index in [1.165, 1.54) is 6.42 Å². The molecule has 1 aromatic heterocycles. The zero-order chi connectivity index (χ0) is 14.1. The fourth-order valence-corrected chi connectivity index (χ4v) is 1.67. The minimum absolute atomic E-state index is 0.181. The molecule has 4 heteroatoms. The molecule has 0 aliphatic rings. The topological polar surface area (TPSA) is 46.3 Å². The van der Waals surface area contributed by atoms with Crippen LogP contribution in [0.2, 0.25) is 0 Å². The van der Waals surface area contributed by atoms with Gasteiger partial charge in [0.1, 0.15) is 6.26 Å². The number of nitrogens with zero attached hydrogens (tertiary/aromatic N) is 1. The molecule has 0 aliphatic carbocycles. The molecule has 1 aromatic carbocycles. The van der Waals surface area contributed by atoms with Crippen LogP contribution in [-0.2, 0) is 6.42 Å². The molecule has 0 spiro atoms. The van der Waals surface area contributed by atoms with Gasteiger partial charge in [-0.25, -0.2) is 4.98 Å². The van der Waals surface area contributed by atoms with Crippen LogP contribution >= 0.6 is 15.9 Å². The first-order valence-electron chi connectivity index (χ1n) is 6.52. The van der Waals surface area contributed by atoms with Crippen molar-refractivity contribution in [2.75, 3.05) is 6.61 Å². The molecule has 104 valence electrons. The van der Waals surface area contributed by atoms with Crippen molar-refractivity contribution in [3.05, 3.63) is 40.7 Å². The van der Waals surface area contributed by atoms with E-state index in [9.17, 15) is 0 Å². The number of oxazole rings is 1. The largest absolute Gasteiger partial charge is 0.444 e. The summed E-state index contributed by atoms with van der Waals surface area (Å²) < 4.78 is 6.41. The van der Waals surface area contributed by atoms with Crippen LogP contribution in [0.1, 0.15) is 32.4 Å². The Morgan fingerprint density at radius 1 is 1.21 bits per heavy atom. The summed E-state index contributed by atoms with van der Waals surface area (Å²) in [6.07, 6.45) is 4.36. The molecule has 1 heterocycles. The number of hydrogen-bond acceptors (Lipinski definition) is 3. The van der Waals surface area contributed by atoms with Gasteiger partial charge >= 0.3 is 0 Å². The summed E-state index contributed by atoms with van der Waals surface area (Å²) >= 11 is 3.38. The number of aliphatic hydroxyl groups excluding tert-OH is 1. The van der Waals surface area contributed by atoms with Crippen LogP contribution in [0.4, 0.5) is 0 Å². The third kappa shape index (κ3) is 5.57. The highest BCUT2D eigenvalue weighted by atomic mass is 79.9. The van der Waals surface area contributed by atoms with E-state index in [2.05, 4.69) is 34.8 Å². The Balaban J connectivity index is 0.000000550. The Labute approximate surface area is 122 Å². The van der Waals surface area contributed by atoms with Gasteiger partial charge in [-0.3, -0.25) is 0 Å². The van der Waals surface area contributed by atoms with Gasteiger partial charge in [-0.15, -0.1) is 0 Å². The molecule has 1 N–H and O–H groups in total. The smallest absolute Gasteiger partial charge is 0.226 e. The van der Waals surface area contributed by atoms with Crippen LogP contribution in [0.5, 0.6) is 0 Å². The monoisotopic (exact) mass is 325 g/mol. The highest BCUT2D eigenvalue weighted by molar-refractivity contribution is 9.10. The maximum Gasteiger partial charge on any atom is 0.226 e. The van der Waals surface area contributed by atoms with E-state index >= 15 is 0 Å². The number of aliphatic hydroxyl groups is 1. The SMILES string of the molecule is CCC.OCCCc1coc(-c2ccc(Br)cc2)n1. The predicted octanol–water partition coefficient (Wildman–Crippen LogP) is 4.45. The van der Waals surface area contributed by atoms with Gasteiger partial charge in [-0.2, -0.15) is 0 Å². The van der Waals surface area contributed by atoms with Gasteiger partial charge in [0, 0.05) is 16.6 Å². The molecule has 0 radical (unpaired) electrons. The van der Waals surface area contributed by atoms with Crippen molar-refractivity contribution in [1.82, 2.24) is 4.98 Å². The number of rotatable bonds is 4. The molecule has 3 nitrogen and oxygen atoms in total. The molecule has 2 aromatic rings. The Kier molecular flexibility index (Phi) is 7.45. The van der Waals surface area contributed by atoms with E-state index in [1.807, 2.05) is 24.3 Å². The average molecular weight is 326 g/mol. The van der Waals surface area contributed by atoms with E-state index in [4.69, 9.17) is 9.52 Å². The van der Waals surface area contributed by atoms with Crippen molar-refractivity contribution in [2.24, 2.45) is 0 Å². The zero-order valence-electron chi connectivity index (χ0n) is 11.4. The van der Waals surface area contributed by atoms with Crippen LogP contribution in [0.3, 0.4) is 0 Å². The molecule has 0 amide bonds. The molecule has 0 unspecified atom stereocenters.